The largest absolute Gasteiger partial charge is 0.326 e. The molecular formula is C11H14ClNOS. The second-order valence-corrected chi connectivity index (χ2v) is 4.57. The van der Waals surface area contributed by atoms with E-state index in [9.17, 15) is 4.79 Å². The first kappa shape index (κ1) is 12.4. The summed E-state index contributed by atoms with van der Waals surface area (Å²) < 4.78 is 0. The van der Waals surface area contributed by atoms with Crippen molar-refractivity contribution in [1.82, 2.24) is 0 Å². The van der Waals surface area contributed by atoms with E-state index in [1.165, 1.54) is 0 Å². The summed E-state index contributed by atoms with van der Waals surface area (Å²) in [6.07, 6.45) is 3.53. The van der Waals surface area contributed by atoms with E-state index in [2.05, 4.69) is 5.32 Å². The van der Waals surface area contributed by atoms with Crippen LogP contribution in [0.15, 0.2) is 24.3 Å². The molecule has 0 radical (unpaired) electrons. The molecule has 0 saturated carbocycles. The minimum Gasteiger partial charge on any atom is -0.326 e. The average molecular weight is 244 g/mol. The highest BCUT2D eigenvalue weighted by Crippen LogP contribution is 2.13. The monoisotopic (exact) mass is 243 g/mol. The van der Waals surface area contributed by atoms with E-state index in [1.807, 2.05) is 6.26 Å². The number of thioether (sulfide) groups is 1. The van der Waals surface area contributed by atoms with Gasteiger partial charge in [0, 0.05) is 17.1 Å². The second-order valence-electron chi connectivity index (χ2n) is 3.15. The first-order valence-electron chi connectivity index (χ1n) is 4.76. The Bertz CT molecular complexity index is 313. The Hall–Kier alpha value is -0.670. The minimum atomic E-state index is 0.0615. The van der Waals surface area contributed by atoms with Crippen LogP contribution in [0.3, 0.4) is 0 Å². The van der Waals surface area contributed by atoms with Crippen LogP contribution in [0.4, 0.5) is 5.69 Å². The molecular weight excluding hydrogens is 230 g/mol. The highest BCUT2D eigenvalue weighted by molar-refractivity contribution is 7.98. The molecule has 0 bridgehead atoms. The topological polar surface area (TPSA) is 29.1 Å². The molecule has 1 aromatic carbocycles. The minimum absolute atomic E-state index is 0.0615. The van der Waals surface area contributed by atoms with Gasteiger partial charge in [0.25, 0.3) is 0 Å². The molecule has 0 aliphatic carbocycles. The third-order valence-corrected chi connectivity index (χ3v) is 2.83. The molecule has 0 fully saturated rings. The Labute approximate surface area is 99.4 Å². The van der Waals surface area contributed by atoms with E-state index in [4.69, 9.17) is 11.6 Å². The zero-order valence-corrected chi connectivity index (χ0v) is 10.2. The highest BCUT2D eigenvalue weighted by Gasteiger charge is 2.01. The number of hydrogen-bond donors (Lipinski definition) is 1. The molecule has 0 aromatic heterocycles. The highest BCUT2D eigenvalue weighted by atomic mass is 35.5. The molecule has 1 N–H and O–H groups in total. The normalized spacial score (nSPS) is 10.0. The molecule has 82 valence electrons. The van der Waals surface area contributed by atoms with Gasteiger partial charge in [0.2, 0.25) is 5.91 Å². The Kier molecular flexibility index (Phi) is 5.58. The van der Waals surface area contributed by atoms with Gasteiger partial charge in [0.15, 0.2) is 0 Å². The van der Waals surface area contributed by atoms with Crippen molar-refractivity contribution in [2.45, 2.75) is 12.8 Å². The first-order chi connectivity index (χ1) is 7.22. The van der Waals surface area contributed by atoms with E-state index >= 15 is 0 Å². The van der Waals surface area contributed by atoms with Crippen LogP contribution in [0.25, 0.3) is 0 Å². The summed E-state index contributed by atoms with van der Waals surface area (Å²) in [6.45, 7) is 0. The second kappa shape index (κ2) is 6.75. The summed E-state index contributed by atoms with van der Waals surface area (Å²) in [6, 6.07) is 7.13. The van der Waals surface area contributed by atoms with Gasteiger partial charge in [0.05, 0.1) is 0 Å². The third-order valence-electron chi connectivity index (χ3n) is 1.88. The number of carbonyl (C=O) groups excluding carboxylic acids is 1. The predicted octanol–water partition coefficient (Wildman–Crippen LogP) is 3.42. The Morgan fingerprint density at radius 1 is 1.40 bits per heavy atom. The summed E-state index contributed by atoms with van der Waals surface area (Å²) in [5.74, 6) is 1.08. The summed E-state index contributed by atoms with van der Waals surface area (Å²) in [7, 11) is 0. The number of anilines is 1. The molecule has 0 heterocycles. The number of halogens is 1. The Balaban J connectivity index is 2.34. The van der Waals surface area contributed by atoms with Gasteiger partial charge in [-0.1, -0.05) is 11.6 Å². The fourth-order valence-electron chi connectivity index (χ4n) is 1.13. The summed E-state index contributed by atoms with van der Waals surface area (Å²) in [5, 5.41) is 3.50. The van der Waals surface area contributed by atoms with Gasteiger partial charge in [-0.2, -0.15) is 11.8 Å². The standard InChI is InChI=1S/C11H14ClNOS/c1-15-8-2-3-11(14)13-10-6-4-9(12)5-7-10/h4-7H,2-3,8H2,1H3,(H,13,14). The number of benzene rings is 1. The average Bonchev–Trinajstić information content (AvgIpc) is 2.22. The maximum Gasteiger partial charge on any atom is 0.224 e. The first-order valence-corrected chi connectivity index (χ1v) is 6.54. The van der Waals surface area contributed by atoms with Gasteiger partial charge in [-0.05, 0) is 42.7 Å². The van der Waals surface area contributed by atoms with Gasteiger partial charge < -0.3 is 5.32 Å². The van der Waals surface area contributed by atoms with Crippen LogP contribution in [-0.4, -0.2) is 17.9 Å². The maximum atomic E-state index is 11.4. The molecule has 0 unspecified atom stereocenters. The number of rotatable bonds is 5. The van der Waals surface area contributed by atoms with E-state index < -0.39 is 0 Å². The molecule has 0 saturated heterocycles. The molecule has 0 aliphatic heterocycles. The number of carbonyl (C=O) groups is 1. The number of amides is 1. The van der Waals surface area contributed by atoms with Crippen molar-refractivity contribution in [3.8, 4) is 0 Å². The molecule has 0 aliphatic rings. The van der Waals surface area contributed by atoms with Crippen molar-refractivity contribution in [2.24, 2.45) is 0 Å². The predicted molar refractivity (Wildman–Crippen MR) is 67.7 cm³/mol. The van der Waals surface area contributed by atoms with Gasteiger partial charge in [-0.25, -0.2) is 0 Å². The third kappa shape index (κ3) is 5.09. The van der Waals surface area contributed by atoms with Gasteiger partial charge in [0.1, 0.15) is 0 Å². The van der Waals surface area contributed by atoms with E-state index in [0.29, 0.717) is 11.4 Å². The molecule has 1 amide bonds. The van der Waals surface area contributed by atoms with E-state index in [-0.39, 0.29) is 5.91 Å². The lowest BCUT2D eigenvalue weighted by Crippen LogP contribution is -2.11. The lowest BCUT2D eigenvalue weighted by molar-refractivity contribution is -0.116. The van der Waals surface area contributed by atoms with Crippen LogP contribution in [0.2, 0.25) is 5.02 Å². The summed E-state index contributed by atoms with van der Waals surface area (Å²) in [4.78, 5) is 11.4. The Morgan fingerprint density at radius 2 is 2.07 bits per heavy atom. The van der Waals surface area contributed by atoms with Gasteiger partial charge >= 0.3 is 0 Å². The molecule has 2 nitrogen and oxygen atoms in total. The Morgan fingerprint density at radius 3 is 2.67 bits per heavy atom. The van der Waals surface area contributed by atoms with Gasteiger partial charge in [-0.15, -0.1) is 0 Å². The van der Waals surface area contributed by atoms with Crippen LogP contribution >= 0.6 is 23.4 Å². The molecule has 1 aromatic rings. The van der Waals surface area contributed by atoms with Crippen molar-refractivity contribution < 1.29 is 4.79 Å². The lowest BCUT2D eigenvalue weighted by atomic mass is 10.3. The van der Waals surface area contributed by atoms with Crippen LogP contribution in [0.1, 0.15) is 12.8 Å². The van der Waals surface area contributed by atoms with Crippen molar-refractivity contribution >= 4 is 35.0 Å². The molecule has 0 atom stereocenters. The summed E-state index contributed by atoms with van der Waals surface area (Å²) in [5.41, 5.74) is 0.800. The smallest absolute Gasteiger partial charge is 0.224 e. The number of nitrogens with one attached hydrogen (secondary N) is 1. The van der Waals surface area contributed by atoms with Crippen molar-refractivity contribution in [3.05, 3.63) is 29.3 Å². The van der Waals surface area contributed by atoms with E-state index in [1.54, 1.807) is 36.0 Å². The van der Waals surface area contributed by atoms with Crippen LogP contribution in [-0.2, 0) is 4.79 Å². The van der Waals surface area contributed by atoms with E-state index in [0.717, 1.165) is 17.9 Å². The van der Waals surface area contributed by atoms with Crippen molar-refractivity contribution in [3.63, 3.8) is 0 Å². The van der Waals surface area contributed by atoms with Gasteiger partial charge in [-0.3, -0.25) is 4.79 Å². The number of hydrogen-bond acceptors (Lipinski definition) is 2. The van der Waals surface area contributed by atoms with Crippen molar-refractivity contribution in [1.29, 1.82) is 0 Å². The molecule has 0 spiro atoms. The zero-order chi connectivity index (χ0) is 11.1. The fourth-order valence-corrected chi connectivity index (χ4v) is 1.69. The molecule has 15 heavy (non-hydrogen) atoms. The van der Waals surface area contributed by atoms with Crippen LogP contribution in [0, 0.1) is 0 Å². The fraction of sp³-hybridized carbons (Fsp3) is 0.364. The summed E-state index contributed by atoms with van der Waals surface area (Å²) >= 11 is 7.49. The quantitative estimate of drug-likeness (QED) is 0.803. The van der Waals surface area contributed by atoms with Crippen LogP contribution < -0.4 is 5.32 Å². The zero-order valence-electron chi connectivity index (χ0n) is 8.63. The lowest BCUT2D eigenvalue weighted by Gasteiger charge is -2.04. The molecule has 1 rings (SSSR count). The maximum absolute atomic E-state index is 11.4. The SMILES string of the molecule is CSCCCC(=O)Nc1ccc(Cl)cc1. The van der Waals surface area contributed by atoms with Crippen LogP contribution in [0.5, 0.6) is 0 Å². The van der Waals surface area contributed by atoms with Crippen molar-refractivity contribution in [2.75, 3.05) is 17.3 Å². The molecule has 4 heteroatoms.